The molecule has 0 saturated carbocycles. The van der Waals surface area contributed by atoms with Crippen molar-refractivity contribution in [3.8, 4) is 17.2 Å². The molecule has 0 spiro atoms. The SMILES string of the molecule is CC(O)CC(=O)c1c(O)cc(O)cc1O. The predicted molar refractivity (Wildman–Crippen MR) is 52.1 cm³/mol. The molecule has 0 fully saturated rings. The molecule has 5 heteroatoms. The number of rotatable bonds is 3. The van der Waals surface area contributed by atoms with E-state index in [-0.39, 0.29) is 17.7 Å². The molecule has 82 valence electrons. The Morgan fingerprint density at radius 1 is 1.27 bits per heavy atom. The first kappa shape index (κ1) is 11.3. The van der Waals surface area contributed by atoms with Crippen molar-refractivity contribution in [3.05, 3.63) is 17.7 Å². The summed E-state index contributed by atoms with van der Waals surface area (Å²) in [6.45, 7) is 1.42. The second kappa shape index (κ2) is 4.18. The highest BCUT2D eigenvalue weighted by molar-refractivity contribution is 6.01. The molecule has 0 aromatic heterocycles. The molecule has 0 aliphatic heterocycles. The first-order valence-electron chi connectivity index (χ1n) is 4.38. The molecule has 0 saturated heterocycles. The maximum absolute atomic E-state index is 11.4. The Morgan fingerprint density at radius 2 is 1.73 bits per heavy atom. The van der Waals surface area contributed by atoms with E-state index in [1.54, 1.807) is 0 Å². The van der Waals surface area contributed by atoms with Crippen LogP contribution in [0, 0.1) is 0 Å². The van der Waals surface area contributed by atoms with E-state index < -0.39 is 23.4 Å². The van der Waals surface area contributed by atoms with Crippen LogP contribution in [0.2, 0.25) is 0 Å². The van der Waals surface area contributed by atoms with Gasteiger partial charge < -0.3 is 20.4 Å². The van der Waals surface area contributed by atoms with Gasteiger partial charge in [0.05, 0.1) is 6.10 Å². The number of phenols is 3. The molecule has 0 radical (unpaired) electrons. The van der Waals surface area contributed by atoms with Crippen molar-refractivity contribution in [1.82, 2.24) is 0 Å². The van der Waals surface area contributed by atoms with Crippen LogP contribution in [0.1, 0.15) is 23.7 Å². The average molecular weight is 212 g/mol. The van der Waals surface area contributed by atoms with Gasteiger partial charge in [0, 0.05) is 18.6 Å². The van der Waals surface area contributed by atoms with Crippen LogP contribution in [0.25, 0.3) is 0 Å². The summed E-state index contributed by atoms with van der Waals surface area (Å²) >= 11 is 0. The topological polar surface area (TPSA) is 98.0 Å². The number of aliphatic hydroxyl groups excluding tert-OH is 1. The molecule has 1 aromatic rings. The normalized spacial score (nSPS) is 12.4. The molecule has 0 bridgehead atoms. The van der Waals surface area contributed by atoms with Crippen LogP contribution in [0.4, 0.5) is 0 Å². The summed E-state index contributed by atoms with van der Waals surface area (Å²) in [5, 5.41) is 36.7. The number of carbonyl (C=O) groups is 1. The number of aliphatic hydroxyl groups is 1. The Bertz CT molecular complexity index is 360. The number of hydrogen-bond acceptors (Lipinski definition) is 5. The minimum atomic E-state index is -0.856. The van der Waals surface area contributed by atoms with E-state index in [0.29, 0.717) is 0 Å². The van der Waals surface area contributed by atoms with Crippen LogP contribution in [-0.4, -0.2) is 32.3 Å². The fraction of sp³-hybridized carbons (Fsp3) is 0.300. The van der Waals surface area contributed by atoms with Gasteiger partial charge in [-0.1, -0.05) is 0 Å². The second-order valence-electron chi connectivity index (χ2n) is 3.34. The Balaban J connectivity index is 3.09. The maximum atomic E-state index is 11.4. The van der Waals surface area contributed by atoms with Crippen molar-refractivity contribution in [1.29, 1.82) is 0 Å². The fourth-order valence-electron chi connectivity index (χ4n) is 1.25. The molecular formula is C10H12O5. The van der Waals surface area contributed by atoms with Gasteiger partial charge in [0.15, 0.2) is 5.78 Å². The lowest BCUT2D eigenvalue weighted by Gasteiger charge is -2.08. The fourth-order valence-corrected chi connectivity index (χ4v) is 1.25. The molecule has 0 aliphatic rings. The third-order valence-electron chi connectivity index (χ3n) is 1.84. The summed E-state index contributed by atoms with van der Waals surface area (Å²) in [6, 6.07) is 1.91. The average Bonchev–Trinajstić information content (AvgIpc) is 1.99. The van der Waals surface area contributed by atoms with Crippen LogP contribution in [0.5, 0.6) is 17.2 Å². The van der Waals surface area contributed by atoms with Crippen molar-refractivity contribution in [3.63, 3.8) is 0 Å². The Labute approximate surface area is 86.2 Å². The van der Waals surface area contributed by atoms with Gasteiger partial charge in [0.1, 0.15) is 22.8 Å². The monoisotopic (exact) mass is 212 g/mol. The lowest BCUT2D eigenvalue weighted by Crippen LogP contribution is -2.09. The van der Waals surface area contributed by atoms with Crippen LogP contribution >= 0.6 is 0 Å². The highest BCUT2D eigenvalue weighted by Crippen LogP contribution is 2.32. The zero-order valence-corrected chi connectivity index (χ0v) is 8.14. The number of carbonyl (C=O) groups excluding carboxylic acids is 1. The molecule has 0 aliphatic carbocycles. The molecule has 1 rings (SSSR count). The maximum Gasteiger partial charge on any atom is 0.172 e. The quantitative estimate of drug-likeness (QED) is 0.554. The molecule has 1 aromatic carbocycles. The van der Waals surface area contributed by atoms with Crippen molar-refractivity contribution in [2.75, 3.05) is 0 Å². The van der Waals surface area contributed by atoms with E-state index in [4.69, 9.17) is 10.2 Å². The standard InChI is InChI=1S/C10H12O5/c1-5(11)2-7(13)10-8(14)3-6(12)4-9(10)15/h3-5,11-12,14-15H,2H2,1H3. The molecular weight excluding hydrogens is 200 g/mol. The Morgan fingerprint density at radius 3 is 2.13 bits per heavy atom. The van der Waals surface area contributed by atoms with E-state index in [2.05, 4.69) is 0 Å². The van der Waals surface area contributed by atoms with Gasteiger partial charge >= 0.3 is 0 Å². The van der Waals surface area contributed by atoms with Crippen LogP contribution in [-0.2, 0) is 0 Å². The number of hydrogen-bond donors (Lipinski definition) is 4. The molecule has 1 unspecified atom stereocenters. The summed E-state index contributed by atoms with van der Waals surface area (Å²) in [4.78, 5) is 11.4. The van der Waals surface area contributed by atoms with Crippen molar-refractivity contribution in [2.24, 2.45) is 0 Å². The van der Waals surface area contributed by atoms with E-state index in [1.807, 2.05) is 0 Å². The number of phenolic OH excluding ortho intramolecular Hbond substituents is 3. The second-order valence-corrected chi connectivity index (χ2v) is 3.34. The minimum absolute atomic E-state index is 0.202. The van der Waals surface area contributed by atoms with Gasteiger partial charge in [-0.15, -0.1) is 0 Å². The van der Waals surface area contributed by atoms with Gasteiger partial charge in [-0.05, 0) is 6.92 Å². The first-order valence-corrected chi connectivity index (χ1v) is 4.38. The van der Waals surface area contributed by atoms with Gasteiger partial charge in [-0.3, -0.25) is 4.79 Å². The summed E-state index contributed by atoms with van der Waals surface area (Å²) in [7, 11) is 0. The molecule has 15 heavy (non-hydrogen) atoms. The van der Waals surface area contributed by atoms with E-state index in [1.165, 1.54) is 6.92 Å². The number of ketones is 1. The van der Waals surface area contributed by atoms with Gasteiger partial charge in [-0.2, -0.15) is 0 Å². The summed E-state index contributed by atoms with van der Waals surface area (Å²) in [5.74, 6) is -1.92. The Kier molecular flexibility index (Phi) is 3.16. The van der Waals surface area contributed by atoms with Crippen molar-refractivity contribution in [2.45, 2.75) is 19.4 Å². The minimum Gasteiger partial charge on any atom is -0.508 e. The highest BCUT2D eigenvalue weighted by Gasteiger charge is 2.18. The third-order valence-corrected chi connectivity index (χ3v) is 1.84. The van der Waals surface area contributed by atoms with Gasteiger partial charge in [-0.25, -0.2) is 0 Å². The lowest BCUT2D eigenvalue weighted by molar-refractivity contribution is 0.0896. The van der Waals surface area contributed by atoms with E-state index >= 15 is 0 Å². The number of aromatic hydroxyl groups is 3. The van der Waals surface area contributed by atoms with Crippen LogP contribution < -0.4 is 0 Å². The largest absolute Gasteiger partial charge is 0.508 e. The summed E-state index contributed by atoms with van der Waals surface area (Å²) in [6.07, 6.45) is -1.06. The zero-order chi connectivity index (χ0) is 11.6. The van der Waals surface area contributed by atoms with Crippen LogP contribution in [0.15, 0.2) is 12.1 Å². The molecule has 4 N–H and O–H groups in total. The van der Waals surface area contributed by atoms with E-state index in [0.717, 1.165) is 12.1 Å². The van der Waals surface area contributed by atoms with E-state index in [9.17, 15) is 15.0 Å². The number of benzene rings is 1. The lowest BCUT2D eigenvalue weighted by atomic mass is 10.0. The van der Waals surface area contributed by atoms with Crippen LogP contribution in [0.3, 0.4) is 0 Å². The molecule has 0 amide bonds. The van der Waals surface area contributed by atoms with Crippen molar-refractivity contribution < 1.29 is 25.2 Å². The Hall–Kier alpha value is -1.75. The highest BCUT2D eigenvalue weighted by atomic mass is 16.3. The van der Waals surface area contributed by atoms with Crippen molar-refractivity contribution >= 4 is 5.78 Å². The van der Waals surface area contributed by atoms with Gasteiger partial charge in [0.25, 0.3) is 0 Å². The first-order chi connectivity index (χ1) is 6.91. The third kappa shape index (κ3) is 2.60. The summed E-state index contributed by atoms with van der Waals surface area (Å²) in [5.41, 5.74) is -0.284. The van der Waals surface area contributed by atoms with Gasteiger partial charge in [0.2, 0.25) is 0 Å². The number of Topliss-reactive ketones (excluding diaryl/α,β-unsaturated/α-hetero) is 1. The zero-order valence-electron chi connectivity index (χ0n) is 8.14. The summed E-state index contributed by atoms with van der Waals surface area (Å²) < 4.78 is 0. The molecule has 0 heterocycles. The predicted octanol–water partition coefficient (Wildman–Crippen LogP) is 0.757. The molecule has 1 atom stereocenters. The molecule has 5 nitrogen and oxygen atoms in total. The smallest absolute Gasteiger partial charge is 0.172 e.